The van der Waals surface area contributed by atoms with Gasteiger partial charge in [-0.1, -0.05) is 6.07 Å². The Bertz CT molecular complexity index is 509. The second kappa shape index (κ2) is 4.52. The largest absolute Gasteiger partial charge is 0.332 e. The lowest BCUT2D eigenvalue weighted by Crippen LogP contribution is -2.33. The van der Waals surface area contributed by atoms with E-state index in [4.69, 9.17) is 0 Å². The Labute approximate surface area is 94.9 Å². The first-order valence-electron chi connectivity index (χ1n) is 4.64. The van der Waals surface area contributed by atoms with Gasteiger partial charge < -0.3 is 5.32 Å². The molecule has 0 fully saturated rings. The van der Waals surface area contributed by atoms with Crippen molar-refractivity contribution in [1.82, 2.24) is 4.72 Å². The fourth-order valence-electron chi connectivity index (χ4n) is 1.14. The van der Waals surface area contributed by atoms with E-state index in [1.54, 1.807) is 12.1 Å². The molecule has 2 N–H and O–H groups in total. The van der Waals surface area contributed by atoms with Crippen LogP contribution < -0.4 is 10.0 Å². The van der Waals surface area contributed by atoms with E-state index in [1.165, 1.54) is 0 Å². The molecule has 0 spiro atoms. The minimum Gasteiger partial charge on any atom is -0.307 e. The maximum atomic E-state index is 11.2. The number of hydrogen-bond acceptors (Lipinski definition) is 3. The smallest absolute Gasteiger partial charge is 0.307 e. The molecule has 1 aromatic rings. The molecule has 0 aliphatic heterocycles. The highest BCUT2D eigenvalue weighted by atomic mass is 32.2. The van der Waals surface area contributed by atoms with E-state index in [0.717, 1.165) is 17.4 Å². The molecule has 0 heterocycles. The van der Waals surface area contributed by atoms with Gasteiger partial charge in [-0.25, -0.2) is 17.9 Å². The van der Waals surface area contributed by atoms with Gasteiger partial charge in [0.25, 0.3) is 0 Å². The summed E-state index contributed by atoms with van der Waals surface area (Å²) in [4.78, 5) is 11.2. The molecule has 0 radical (unpaired) electrons. The molecule has 0 aliphatic rings. The summed E-state index contributed by atoms with van der Waals surface area (Å²) in [7, 11) is -3.52. The molecular weight excluding hydrogens is 228 g/mol. The van der Waals surface area contributed by atoms with Crippen molar-refractivity contribution in [2.75, 3.05) is 11.6 Å². The van der Waals surface area contributed by atoms with Crippen molar-refractivity contribution >= 4 is 21.7 Å². The molecule has 0 atom stereocenters. The molecule has 1 aromatic carbocycles. The van der Waals surface area contributed by atoms with Crippen LogP contribution in [0.1, 0.15) is 11.1 Å². The molecule has 6 heteroatoms. The van der Waals surface area contributed by atoms with E-state index in [1.807, 2.05) is 24.6 Å². The van der Waals surface area contributed by atoms with Crippen LogP contribution in [0.15, 0.2) is 18.2 Å². The lowest BCUT2D eigenvalue weighted by molar-refractivity contribution is 0.256. The third-order valence-electron chi connectivity index (χ3n) is 2.04. The van der Waals surface area contributed by atoms with Crippen molar-refractivity contribution in [3.63, 3.8) is 0 Å². The standard InChI is InChI=1S/C10H14N2O3S/c1-7-4-5-9(6-8(7)2)11-10(13)12-16(3,14)15/h4-6H,1-3H3,(H2,11,12,13). The zero-order valence-electron chi connectivity index (χ0n) is 9.37. The molecule has 0 unspecified atom stereocenters. The molecule has 0 bridgehead atoms. The average molecular weight is 242 g/mol. The normalized spacial score (nSPS) is 10.9. The number of carbonyl (C=O) groups is 1. The minimum atomic E-state index is -3.52. The predicted octanol–water partition coefficient (Wildman–Crippen LogP) is 1.38. The molecule has 0 aromatic heterocycles. The summed E-state index contributed by atoms with van der Waals surface area (Å²) in [5, 5.41) is 2.44. The Morgan fingerprint density at radius 3 is 2.31 bits per heavy atom. The molecule has 0 saturated heterocycles. The zero-order chi connectivity index (χ0) is 12.3. The van der Waals surface area contributed by atoms with Gasteiger partial charge in [-0.15, -0.1) is 0 Å². The summed E-state index contributed by atoms with van der Waals surface area (Å²) >= 11 is 0. The van der Waals surface area contributed by atoms with E-state index in [9.17, 15) is 13.2 Å². The first-order valence-corrected chi connectivity index (χ1v) is 6.53. The Balaban J connectivity index is 2.74. The lowest BCUT2D eigenvalue weighted by atomic mass is 10.1. The second-order valence-electron chi connectivity index (χ2n) is 3.63. The number of carbonyl (C=O) groups excluding carboxylic acids is 1. The summed E-state index contributed by atoms with van der Waals surface area (Å²) in [6, 6.07) is 4.58. The molecule has 0 aliphatic carbocycles. The van der Waals surface area contributed by atoms with E-state index in [2.05, 4.69) is 5.32 Å². The van der Waals surface area contributed by atoms with E-state index < -0.39 is 16.1 Å². The highest BCUT2D eigenvalue weighted by Gasteiger charge is 2.08. The van der Waals surface area contributed by atoms with Gasteiger partial charge in [-0.2, -0.15) is 0 Å². The summed E-state index contributed by atoms with van der Waals surface area (Å²) in [6.45, 7) is 3.87. The Morgan fingerprint density at radius 1 is 1.19 bits per heavy atom. The summed E-state index contributed by atoms with van der Waals surface area (Å²) in [5.41, 5.74) is 2.69. The molecule has 16 heavy (non-hydrogen) atoms. The molecule has 2 amide bonds. The van der Waals surface area contributed by atoms with Gasteiger partial charge in [0, 0.05) is 5.69 Å². The SMILES string of the molecule is Cc1ccc(NC(=O)NS(C)(=O)=O)cc1C. The number of aryl methyl sites for hydroxylation is 2. The summed E-state index contributed by atoms with van der Waals surface area (Å²) in [5.74, 6) is 0. The monoisotopic (exact) mass is 242 g/mol. The van der Waals surface area contributed by atoms with E-state index in [0.29, 0.717) is 5.69 Å². The van der Waals surface area contributed by atoms with Crippen molar-refractivity contribution in [3.05, 3.63) is 29.3 Å². The van der Waals surface area contributed by atoms with Crippen molar-refractivity contribution in [2.24, 2.45) is 0 Å². The average Bonchev–Trinajstić information content (AvgIpc) is 2.08. The first-order chi connectivity index (χ1) is 7.28. The van der Waals surface area contributed by atoms with Gasteiger partial charge >= 0.3 is 6.03 Å². The van der Waals surface area contributed by atoms with Crippen LogP contribution in [0.25, 0.3) is 0 Å². The van der Waals surface area contributed by atoms with Gasteiger partial charge in [-0.05, 0) is 37.1 Å². The molecule has 0 saturated carbocycles. The number of amides is 2. The van der Waals surface area contributed by atoms with Crippen LogP contribution in [-0.4, -0.2) is 20.7 Å². The van der Waals surface area contributed by atoms with Crippen molar-refractivity contribution in [1.29, 1.82) is 0 Å². The summed E-state index contributed by atoms with van der Waals surface area (Å²) in [6.07, 6.45) is 0.924. The molecular formula is C10H14N2O3S. The van der Waals surface area contributed by atoms with Crippen LogP contribution in [0.4, 0.5) is 10.5 Å². The quantitative estimate of drug-likeness (QED) is 0.822. The highest BCUT2D eigenvalue weighted by molar-refractivity contribution is 7.89. The first kappa shape index (κ1) is 12.5. The maximum absolute atomic E-state index is 11.2. The van der Waals surface area contributed by atoms with Crippen LogP contribution in [0, 0.1) is 13.8 Å². The fourth-order valence-corrected chi connectivity index (χ4v) is 1.53. The zero-order valence-corrected chi connectivity index (χ0v) is 10.2. The van der Waals surface area contributed by atoms with Gasteiger partial charge in [0.1, 0.15) is 0 Å². The Kier molecular flexibility index (Phi) is 3.54. The third-order valence-corrected chi connectivity index (χ3v) is 2.60. The van der Waals surface area contributed by atoms with Crippen LogP contribution in [0.3, 0.4) is 0 Å². The van der Waals surface area contributed by atoms with Gasteiger partial charge in [0.15, 0.2) is 0 Å². The number of urea groups is 1. The number of sulfonamides is 1. The molecule has 1 rings (SSSR count). The topological polar surface area (TPSA) is 75.3 Å². The summed E-state index contributed by atoms with van der Waals surface area (Å²) < 4.78 is 23.4. The number of hydrogen-bond donors (Lipinski definition) is 2. The number of anilines is 1. The van der Waals surface area contributed by atoms with Crippen molar-refractivity contribution < 1.29 is 13.2 Å². The van der Waals surface area contributed by atoms with Gasteiger partial charge in [0.05, 0.1) is 6.26 Å². The minimum absolute atomic E-state index is 0.559. The van der Waals surface area contributed by atoms with Crippen LogP contribution in [0.5, 0.6) is 0 Å². The number of nitrogens with one attached hydrogen (secondary N) is 2. The fraction of sp³-hybridized carbons (Fsp3) is 0.300. The maximum Gasteiger partial charge on any atom is 0.332 e. The van der Waals surface area contributed by atoms with Gasteiger partial charge in [-0.3, -0.25) is 0 Å². The van der Waals surface area contributed by atoms with Crippen LogP contribution >= 0.6 is 0 Å². The lowest BCUT2D eigenvalue weighted by Gasteiger charge is -2.07. The predicted molar refractivity (Wildman–Crippen MR) is 62.9 cm³/mol. The highest BCUT2D eigenvalue weighted by Crippen LogP contribution is 2.13. The van der Waals surface area contributed by atoms with Crippen LogP contribution in [0.2, 0.25) is 0 Å². The molecule has 5 nitrogen and oxygen atoms in total. The Hall–Kier alpha value is -1.56. The van der Waals surface area contributed by atoms with E-state index in [-0.39, 0.29) is 0 Å². The number of rotatable bonds is 2. The third kappa shape index (κ3) is 3.90. The second-order valence-corrected chi connectivity index (χ2v) is 5.38. The van der Waals surface area contributed by atoms with E-state index >= 15 is 0 Å². The Morgan fingerprint density at radius 2 is 1.81 bits per heavy atom. The van der Waals surface area contributed by atoms with Crippen molar-refractivity contribution in [2.45, 2.75) is 13.8 Å². The van der Waals surface area contributed by atoms with Gasteiger partial charge in [0.2, 0.25) is 10.0 Å². The number of benzene rings is 1. The van der Waals surface area contributed by atoms with Crippen LogP contribution in [-0.2, 0) is 10.0 Å². The molecule has 88 valence electrons. The van der Waals surface area contributed by atoms with Crippen molar-refractivity contribution in [3.8, 4) is 0 Å².